The van der Waals surface area contributed by atoms with Gasteiger partial charge in [0.1, 0.15) is 0 Å². The number of hydrogen-bond donors (Lipinski definition) is 5. The fourth-order valence-corrected chi connectivity index (χ4v) is 2.80. The molecule has 0 aliphatic rings. The molecule has 2 aromatic rings. The van der Waals surface area contributed by atoms with Crippen LogP contribution in [0.25, 0.3) is 11.2 Å². The Hall–Kier alpha value is -1.74. The molecule has 10 nitrogen and oxygen atoms in total. The number of aromatic nitrogens is 4. The normalized spacial score (nSPS) is 13.8. The summed E-state index contributed by atoms with van der Waals surface area (Å²) >= 11 is 0. The Labute approximate surface area is 112 Å². The molecule has 1 atom stereocenters. The zero-order valence-corrected chi connectivity index (χ0v) is 11.2. The zero-order chi connectivity index (χ0) is 14.9. The van der Waals surface area contributed by atoms with Crippen molar-refractivity contribution in [2.24, 2.45) is 5.92 Å². The summed E-state index contributed by atoms with van der Waals surface area (Å²) < 4.78 is 12.4. The number of nitrogens with two attached hydrogens (primary N) is 1. The summed E-state index contributed by atoms with van der Waals surface area (Å²) in [5.41, 5.74) is 5.22. The number of aliphatic hydroxyl groups excluding tert-OH is 1. The molecule has 0 bridgehead atoms. The van der Waals surface area contributed by atoms with E-state index in [1.54, 1.807) is 0 Å². The molecule has 0 radical (unpaired) electrons. The molecule has 0 spiro atoms. The van der Waals surface area contributed by atoms with Gasteiger partial charge in [0.2, 0.25) is 5.95 Å². The highest BCUT2D eigenvalue weighted by Crippen LogP contribution is 2.37. The summed E-state index contributed by atoms with van der Waals surface area (Å²) in [6.45, 7) is -0.350. The predicted octanol–water partition coefficient (Wildman–Crippen LogP) is -1.51. The van der Waals surface area contributed by atoms with Crippen LogP contribution in [0.4, 0.5) is 5.95 Å². The molecule has 11 heteroatoms. The van der Waals surface area contributed by atoms with Crippen molar-refractivity contribution < 1.29 is 19.5 Å². The summed E-state index contributed by atoms with van der Waals surface area (Å²) in [6.07, 6.45) is 0.844. The standard InChI is InChI=1S/C9H14N5O5P/c10-9-12-7-6(8(16)13-9)11-4-14(7)1-5(2-15)3-20(17,18)19/h4-5,15H,1-3H2,(H2,17,18,19)(H3,10,12,13,16). The topological polar surface area (TPSA) is 167 Å². The van der Waals surface area contributed by atoms with Gasteiger partial charge in [-0.15, -0.1) is 0 Å². The Morgan fingerprint density at radius 1 is 1.50 bits per heavy atom. The number of H-pyrrole nitrogens is 1. The maximum absolute atomic E-state index is 11.6. The van der Waals surface area contributed by atoms with Crippen LogP contribution in [-0.4, -0.2) is 47.2 Å². The molecule has 2 rings (SSSR count). The van der Waals surface area contributed by atoms with E-state index in [-0.39, 0.29) is 23.7 Å². The van der Waals surface area contributed by atoms with Gasteiger partial charge in [0.15, 0.2) is 11.2 Å². The molecule has 2 heterocycles. The van der Waals surface area contributed by atoms with Crippen LogP contribution in [-0.2, 0) is 11.1 Å². The van der Waals surface area contributed by atoms with Gasteiger partial charge in [-0.2, -0.15) is 4.98 Å². The van der Waals surface area contributed by atoms with E-state index in [9.17, 15) is 14.5 Å². The molecular formula is C9H14N5O5P. The number of hydrogen-bond acceptors (Lipinski definition) is 6. The Balaban J connectivity index is 2.34. The summed E-state index contributed by atoms with van der Waals surface area (Å²) in [5.74, 6) is -0.768. The largest absolute Gasteiger partial charge is 0.396 e. The van der Waals surface area contributed by atoms with Crippen molar-refractivity contribution in [1.29, 1.82) is 0 Å². The Morgan fingerprint density at radius 3 is 2.80 bits per heavy atom. The van der Waals surface area contributed by atoms with Crippen LogP contribution >= 0.6 is 7.60 Å². The number of nitrogens with zero attached hydrogens (tertiary/aromatic N) is 3. The van der Waals surface area contributed by atoms with Crippen molar-refractivity contribution in [3.63, 3.8) is 0 Å². The van der Waals surface area contributed by atoms with Crippen molar-refractivity contribution in [1.82, 2.24) is 19.5 Å². The third-order valence-electron chi connectivity index (χ3n) is 2.70. The molecule has 110 valence electrons. The lowest BCUT2D eigenvalue weighted by Crippen LogP contribution is -2.19. The minimum absolute atomic E-state index is 0.0635. The SMILES string of the molecule is Nc1nc2c(ncn2CC(CO)CP(=O)(O)O)c(=O)[nH]1. The van der Waals surface area contributed by atoms with Crippen molar-refractivity contribution in [3.8, 4) is 0 Å². The number of anilines is 1. The van der Waals surface area contributed by atoms with E-state index in [1.165, 1.54) is 10.9 Å². The maximum Gasteiger partial charge on any atom is 0.325 e. The number of rotatable bonds is 5. The van der Waals surface area contributed by atoms with Crippen LogP contribution in [0.1, 0.15) is 0 Å². The lowest BCUT2D eigenvalue weighted by atomic mass is 10.2. The fraction of sp³-hybridized carbons (Fsp3) is 0.444. The van der Waals surface area contributed by atoms with Crippen molar-refractivity contribution in [2.75, 3.05) is 18.5 Å². The molecule has 2 aromatic heterocycles. The first kappa shape index (κ1) is 14.7. The number of fused-ring (bicyclic) bond motifs is 1. The molecule has 0 fully saturated rings. The molecule has 0 aliphatic carbocycles. The van der Waals surface area contributed by atoms with Gasteiger partial charge in [0.25, 0.3) is 5.56 Å². The van der Waals surface area contributed by atoms with Gasteiger partial charge >= 0.3 is 7.60 Å². The van der Waals surface area contributed by atoms with Gasteiger partial charge in [0, 0.05) is 19.1 Å². The van der Waals surface area contributed by atoms with Crippen LogP contribution in [0.5, 0.6) is 0 Å². The summed E-state index contributed by atoms with van der Waals surface area (Å²) in [4.78, 5) is 39.5. The number of nitrogen functional groups attached to an aromatic ring is 1. The van der Waals surface area contributed by atoms with Crippen LogP contribution in [0.3, 0.4) is 0 Å². The van der Waals surface area contributed by atoms with Crippen LogP contribution in [0.2, 0.25) is 0 Å². The molecule has 20 heavy (non-hydrogen) atoms. The van der Waals surface area contributed by atoms with Crippen LogP contribution in [0, 0.1) is 5.92 Å². The van der Waals surface area contributed by atoms with Gasteiger partial charge in [-0.1, -0.05) is 0 Å². The smallest absolute Gasteiger partial charge is 0.325 e. The number of aliphatic hydroxyl groups is 1. The monoisotopic (exact) mass is 303 g/mol. The highest BCUT2D eigenvalue weighted by molar-refractivity contribution is 7.51. The summed E-state index contributed by atoms with van der Waals surface area (Å²) in [7, 11) is -4.24. The molecule has 0 amide bonds. The lowest BCUT2D eigenvalue weighted by molar-refractivity contribution is 0.218. The minimum Gasteiger partial charge on any atom is -0.396 e. The molecular weight excluding hydrogens is 289 g/mol. The third-order valence-corrected chi connectivity index (χ3v) is 3.69. The summed E-state index contributed by atoms with van der Waals surface area (Å²) in [6, 6.07) is 0. The van der Waals surface area contributed by atoms with Gasteiger partial charge in [-0.25, -0.2) is 4.98 Å². The van der Waals surface area contributed by atoms with Crippen LogP contribution < -0.4 is 11.3 Å². The molecule has 0 saturated carbocycles. The molecule has 0 aliphatic heterocycles. The first-order valence-corrected chi connectivity index (χ1v) is 7.46. The maximum atomic E-state index is 11.6. The quantitative estimate of drug-likeness (QED) is 0.415. The Bertz CT molecular complexity index is 719. The Kier molecular flexibility index (Phi) is 3.91. The highest BCUT2D eigenvalue weighted by atomic mass is 31.2. The van der Waals surface area contributed by atoms with E-state index < -0.39 is 31.8 Å². The second-order valence-electron chi connectivity index (χ2n) is 4.42. The third kappa shape index (κ3) is 3.23. The van der Waals surface area contributed by atoms with E-state index in [0.29, 0.717) is 0 Å². The van der Waals surface area contributed by atoms with Crippen molar-refractivity contribution in [3.05, 3.63) is 16.7 Å². The van der Waals surface area contributed by atoms with Gasteiger partial charge in [-0.05, 0) is 0 Å². The van der Waals surface area contributed by atoms with Crippen LogP contribution in [0.15, 0.2) is 11.1 Å². The minimum atomic E-state index is -4.24. The average Bonchev–Trinajstić information content (AvgIpc) is 2.70. The van der Waals surface area contributed by atoms with E-state index in [1.807, 2.05) is 0 Å². The van der Waals surface area contributed by atoms with E-state index in [0.717, 1.165) is 0 Å². The zero-order valence-electron chi connectivity index (χ0n) is 10.3. The Morgan fingerprint density at radius 2 is 2.20 bits per heavy atom. The average molecular weight is 303 g/mol. The van der Waals surface area contributed by atoms with Crippen molar-refractivity contribution in [2.45, 2.75) is 6.54 Å². The molecule has 0 saturated heterocycles. The lowest BCUT2D eigenvalue weighted by Gasteiger charge is -2.15. The first-order chi connectivity index (χ1) is 9.30. The molecule has 0 aromatic carbocycles. The second kappa shape index (κ2) is 5.33. The highest BCUT2D eigenvalue weighted by Gasteiger charge is 2.22. The number of imidazole rings is 1. The second-order valence-corrected chi connectivity index (χ2v) is 6.11. The first-order valence-electron chi connectivity index (χ1n) is 5.66. The van der Waals surface area contributed by atoms with E-state index in [2.05, 4.69) is 15.0 Å². The fourth-order valence-electron chi connectivity index (χ4n) is 1.89. The van der Waals surface area contributed by atoms with Gasteiger partial charge < -0.3 is 25.2 Å². The van der Waals surface area contributed by atoms with Crippen molar-refractivity contribution >= 4 is 24.7 Å². The van der Waals surface area contributed by atoms with E-state index in [4.69, 9.17) is 15.5 Å². The number of aromatic amines is 1. The van der Waals surface area contributed by atoms with Gasteiger partial charge in [-0.3, -0.25) is 14.3 Å². The van der Waals surface area contributed by atoms with Gasteiger partial charge in [0.05, 0.1) is 12.5 Å². The predicted molar refractivity (Wildman–Crippen MR) is 70.0 cm³/mol. The molecule has 6 N–H and O–H groups in total. The number of nitrogens with one attached hydrogen (secondary N) is 1. The van der Waals surface area contributed by atoms with E-state index >= 15 is 0 Å². The molecule has 1 unspecified atom stereocenters. The summed E-state index contributed by atoms with van der Waals surface area (Å²) in [5, 5.41) is 9.18.